The van der Waals surface area contributed by atoms with Gasteiger partial charge in [0.25, 0.3) is 0 Å². The molecule has 0 atom stereocenters. The number of nitrogens with zero attached hydrogens (tertiary/aromatic N) is 1. The monoisotopic (exact) mass is 324 g/mol. The summed E-state index contributed by atoms with van der Waals surface area (Å²) in [5.74, 6) is 0.426. The molecule has 120 valence electrons. The van der Waals surface area contributed by atoms with Crippen LogP contribution in [0.5, 0.6) is 5.75 Å². The molecule has 1 aromatic rings. The molecular formula is C14H20N4O3S. The van der Waals surface area contributed by atoms with Crippen molar-refractivity contribution in [2.24, 2.45) is 15.9 Å². The first-order valence-corrected chi connectivity index (χ1v) is 8.76. The smallest absolute Gasteiger partial charge is 0.344 e. The summed E-state index contributed by atoms with van der Waals surface area (Å²) >= 11 is 0. The highest BCUT2D eigenvalue weighted by molar-refractivity contribution is 7.91. The zero-order valence-corrected chi connectivity index (χ0v) is 13.0. The second-order valence-electron chi connectivity index (χ2n) is 5.94. The molecule has 5 N–H and O–H groups in total. The third kappa shape index (κ3) is 3.02. The normalized spacial score (nSPS) is 22.1. The van der Waals surface area contributed by atoms with Crippen LogP contribution in [0.2, 0.25) is 0 Å². The molecule has 2 aliphatic rings. The molecule has 3 rings (SSSR count). The lowest BCUT2D eigenvalue weighted by Gasteiger charge is -2.33. The minimum Gasteiger partial charge on any atom is -0.491 e. The van der Waals surface area contributed by atoms with Crippen LogP contribution in [0.4, 0.5) is 5.69 Å². The predicted octanol–water partition coefficient (Wildman–Crippen LogP) is 1.10. The number of hydrogen-bond acceptors (Lipinski definition) is 5. The summed E-state index contributed by atoms with van der Waals surface area (Å²) in [4.78, 5) is 0. The predicted molar refractivity (Wildman–Crippen MR) is 85.2 cm³/mol. The van der Waals surface area contributed by atoms with Gasteiger partial charge >= 0.3 is 10.2 Å². The molecule has 0 amide bonds. The molecule has 7 nitrogen and oxygen atoms in total. The van der Waals surface area contributed by atoms with E-state index in [1.54, 1.807) is 18.2 Å². The Morgan fingerprint density at radius 1 is 1.27 bits per heavy atom. The van der Waals surface area contributed by atoms with E-state index in [-0.39, 0.29) is 11.4 Å². The zero-order chi connectivity index (χ0) is 15.8. The summed E-state index contributed by atoms with van der Waals surface area (Å²) in [7, 11) is -3.78. The number of fused-ring (bicyclic) bond motifs is 1. The van der Waals surface area contributed by atoms with Gasteiger partial charge in [-0.2, -0.15) is 8.42 Å². The lowest BCUT2D eigenvalue weighted by atomic mass is 9.83. The summed E-state index contributed by atoms with van der Waals surface area (Å²) in [6.07, 6.45) is 5.28. The maximum Gasteiger partial charge on any atom is 0.344 e. The molecule has 0 radical (unpaired) electrons. The third-order valence-electron chi connectivity index (χ3n) is 4.10. The van der Waals surface area contributed by atoms with E-state index < -0.39 is 10.2 Å². The van der Waals surface area contributed by atoms with Gasteiger partial charge in [-0.3, -0.25) is 4.72 Å². The van der Waals surface area contributed by atoms with Crippen LogP contribution in [0.25, 0.3) is 0 Å². The number of benzene rings is 1. The summed E-state index contributed by atoms with van der Waals surface area (Å²) in [6.45, 7) is 0.378. The standard InChI is InChI=1S/C14H20N4O3S/c15-13-12-10(17-22(19,20)18-13)5-4-6-11(12)21-9-14(16)7-2-1-3-8-14/h4-6,17H,1-3,7-9,16H2,(H2,15,18). The average molecular weight is 324 g/mol. The van der Waals surface area contributed by atoms with Gasteiger partial charge in [0.2, 0.25) is 0 Å². The molecule has 0 bridgehead atoms. The van der Waals surface area contributed by atoms with E-state index in [9.17, 15) is 8.42 Å². The highest BCUT2D eigenvalue weighted by Crippen LogP contribution is 2.32. The second-order valence-corrected chi connectivity index (χ2v) is 7.28. The van der Waals surface area contributed by atoms with E-state index in [1.165, 1.54) is 6.42 Å². The SMILES string of the molecule is NC1=NS(=O)(=O)Nc2cccc(OCC3(N)CCCCC3)c21. The van der Waals surface area contributed by atoms with Gasteiger partial charge < -0.3 is 16.2 Å². The van der Waals surface area contributed by atoms with Crippen molar-refractivity contribution in [1.29, 1.82) is 0 Å². The summed E-state index contributed by atoms with van der Waals surface area (Å²) in [6, 6.07) is 5.08. The summed E-state index contributed by atoms with van der Waals surface area (Å²) < 4.78 is 34.8. The van der Waals surface area contributed by atoms with Crippen LogP contribution in [0.3, 0.4) is 0 Å². The number of amidine groups is 1. The second kappa shape index (κ2) is 5.44. The molecule has 1 saturated carbocycles. The van der Waals surface area contributed by atoms with Crippen LogP contribution in [0, 0.1) is 0 Å². The van der Waals surface area contributed by atoms with Gasteiger partial charge in [0.05, 0.1) is 16.8 Å². The van der Waals surface area contributed by atoms with Crippen LogP contribution in [0.15, 0.2) is 22.6 Å². The van der Waals surface area contributed by atoms with Gasteiger partial charge in [0, 0.05) is 0 Å². The van der Waals surface area contributed by atoms with Crippen molar-refractivity contribution in [2.45, 2.75) is 37.6 Å². The van der Waals surface area contributed by atoms with Crippen LogP contribution in [-0.4, -0.2) is 26.4 Å². The molecule has 0 aromatic heterocycles. The molecule has 0 saturated heterocycles. The van der Waals surface area contributed by atoms with Gasteiger partial charge in [0.1, 0.15) is 12.4 Å². The first-order chi connectivity index (χ1) is 10.4. The van der Waals surface area contributed by atoms with Crippen molar-refractivity contribution in [1.82, 2.24) is 0 Å². The van der Waals surface area contributed by atoms with Crippen LogP contribution < -0.4 is 20.9 Å². The molecular weight excluding hydrogens is 304 g/mol. The van der Waals surface area contributed by atoms with Crippen LogP contribution >= 0.6 is 0 Å². The van der Waals surface area contributed by atoms with E-state index in [0.29, 0.717) is 23.6 Å². The van der Waals surface area contributed by atoms with Crippen LogP contribution in [-0.2, 0) is 10.2 Å². The van der Waals surface area contributed by atoms with E-state index in [1.807, 2.05) is 0 Å². The van der Waals surface area contributed by atoms with Gasteiger partial charge in [-0.1, -0.05) is 25.3 Å². The van der Waals surface area contributed by atoms with E-state index in [4.69, 9.17) is 16.2 Å². The molecule has 0 spiro atoms. The van der Waals surface area contributed by atoms with Gasteiger partial charge in [-0.25, -0.2) is 0 Å². The minimum absolute atomic E-state index is 0.0703. The van der Waals surface area contributed by atoms with Gasteiger partial charge in [-0.05, 0) is 25.0 Å². The Balaban J connectivity index is 1.84. The quantitative estimate of drug-likeness (QED) is 0.769. The fourth-order valence-electron chi connectivity index (χ4n) is 2.96. The Bertz CT molecular complexity index is 709. The van der Waals surface area contributed by atoms with E-state index in [0.717, 1.165) is 25.7 Å². The number of nitrogens with one attached hydrogen (secondary N) is 1. The maximum atomic E-state index is 11.6. The molecule has 1 heterocycles. The number of anilines is 1. The van der Waals surface area contributed by atoms with Crippen molar-refractivity contribution >= 4 is 21.7 Å². The summed E-state index contributed by atoms with van der Waals surface area (Å²) in [5.41, 5.74) is 12.7. The first-order valence-electron chi connectivity index (χ1n) is 7.32. The number of ether oxygens (including phenoxy) is 1. The van der Waals surface area contributed by atoms with E-state index in [2.05, 4.69) is 9.12 Å². The third-order valence-corrected chi connectivity index (χ3v) is 5.02. The highest BCUT2D eigenvalue weighted by atomic mass is 32.2. The Hall–Kier alpha value is -1.80. The first kappa shape index (κ1) is 15.1. The van der Waals surface area contributed by atoms with Crippen molar-refractivity contribution in [3.63, 3.8) is 0 Å². The lowest BCUT2D eigenvalue weighted by Crippen LogP contribution is -2.47. The fraction of sp³-hybridized carbons (Fsp3) is 0.500. The van der Waals surface area contributed by atoms with Crippen molar-refractivity contribution in [2.75, 3.05) is 11.3 Å². The minimum atomic E-state index is -3.78. The Morgan fingerprint density at radius 3 is 2.73 bits per heavy atom. The molecule has 8 heteroatoms. The number of rotatable bonds is 3. The fourth-order valence-corrected chi connectivity index (χ4v) is 3.80. The lowest BCUT2D eigenvalue weighted by molar-refractivity contribution is 0.173. The highest BCUT2D eigenvalue weighted by Gasteiger charge is 2.30. The average Bonchev–Trinajstić information content (AvgIpc) is 2.44. The largest absolute Gasteiger partial charge is 0.491 e. The van der Waals surface area contributed by atoms with E-state index >= 15 is 0 Å². The van der Waals surface area contributed by atoms with Crippen LogP contribution in [0.1, 0.15) is 37.7 Å². The van der Waals surface area contributed by atoms with Crippen molar-refractivity contribution in [3.05, 3.63) is 23.8 Å². The molecule has 0 unspecified atom stereocenters. The molecule has 1 aliphatic heterocycles. The zero-order valence-electron chi connectivity index (χ0n) is 12.2. The topological polar surface area (TPSA) is 120 Å². The molecule has 1 fully saturated rings. The van der Waals surface area contributed by atoms with Crippen molar-refractivity contribution in [3.8, 4) is 5.75 Å². The van der Waals surface area contributed by atoms with Crippen molar-refractivity contribution < 1.29 is 13.2 Å². The number of hydrogen-bond donors (Lipinski definition) is 3. The number of nitrogens with two attached hydrogens (primary N) is 2. The van der Waals surface area contributed by atoms with Gasteiger partial charge in [-0.15, -0.1) is 4.40 Å². The molecule has 1 aromatic carbocycles. The maximum absolute atomic E-state index is 11.6. The Morgan fingerprint density at radius 2 is 2.00 bits per heavy atom. The summed E-state index contributed by atoms with van der Waals surface area (Å²) in [5, 5.41) is 0. The molecule has 22 heavy (non-hydrogen) atoms. The molecule has 1 aliphatic carbocycles. The Kier molecular flexibility index (Phi) is 3.73. The Labute approximate surface area is 129 Å². The van der Waals surface area contributed by atoms with Gasteiger partial charge in [0.15, 0.2) is 5.84 Å².